The Morgan fingerprint density at radius 3 is 2.31 bits per heavy atom. The molecule has 0 saturated heterocycles. The number of aliphatic hydroxyl groups excluding tert-OH is 1. The molecule has 2 rings (SSSR count). The summed E-state index contributed by atoms with van der Waals surface area (Å²) in [5.74, 6) is -1.74. The molecule has 32 heavy (non-hydrogen) atoms. The lowest BCUT2D eigenvalue weighted by Gasteiger charge is -2.25. The number of anilines is 1. The van der Waals surface area contributed by atoms with Gasteiger partial charge in [0.2, 0.25) is 10.0 Å². The minimum absolute atomic E-state index is 0.115. The van der Waals surface area contributed by atoms with Crippen LogP contribution in [0.3, 0.4) is 0 Å². The molecule has 0 radical (unpaired) electrons. The van der Waals surface area contributed by atoms with E-state index in [1.165, 1.54) is 19.2 Å². The van der Waals surface area contributed by atoms with E-state index in [0.717, 1.165) is 4.31 Å². The molecule has 0 saturated carbocycles. The molecular formula is C23H30N2O6S. The molecule has 1 amide bonds. The van der Waals surface area contributed by atoms with Crippen molar-refractivity contribution in [3.05, 3.63) is 65.7 Å². The van der Waals surface area contributed by atoms with Crippen LogP contribution in [0.2, 0.25) is 0 Å². The van der Waals surface area contributed by atoms with E-state index in [2.05, 4.69) is 5.32 Å². The zero-order valence-corrected chi connectivity index (χ0v) is 19.2. The van der Waals surface area contributed by atoms with Gasteiger partial charge >= 0.3 is 5.97 Å². The molecule has 2 aromatic carbocycles. The number of nitrogens with one attached hydrogen (secondary N) is 1. The van der Waals surface area contributed by atoms with Crippen LogP contribution < -0.4 is 9.62 Å². The Morgan fingerprint density at radius 1 is 1.06 bits per heavy atom. The normalized spacial score (nSPS) is 13.4. The first-order valence-corrected chi connectivity index (χ1v) is 11.9. The highest BCUT2D eigenvalue weighted by molar-refractivity contribution is 7.92. The van der Waals surface area contributed by atoms with Crippen LogP contribution in [-0.4, -0.2) is 49.7 Å². The third-order valence-corrected chi connectivity index (χ3v) is 6.71. The molecule has 3 N–H and O–H groups in total. The van der Waals surface area contributed by atoms with Crippen LogP contribution in [0.15, 0.2) is 54.6 Å². The second-order valence-electron chi connectivity index (χ2n) is 8.13. The number of rotatable bonds is 11. The third-order valence-electron chi connectivity index (χ3n) is 4.97. The van der Waals surface area contributed by atoms with E-state index in [-0.39, 0.29) is 17.2 Å². The van der Waals surface area contributed by atoms with E-state index in [4.69, 9.17) is 5.11 Å². The minimum Gasteiger partial charge on any atom is -0.481 e. The van der Waals surface area contributed by atoms with Gasteiger partial charge in [-0.05, 0) is 36.1 Å². The molecule has 2 aromatic rings. The zero-order chi connectivity index (χ0) is 23.9. The van der Waals surface area contributed by atoms with Gasteiger partial charge in [0.05, 0.1) is 30.0 Å². The van der Waals surface area contributed by atoms with Crippen LogP contribution in [0.4, 0.5) is 5.69 Å². The van der Waals surface area contributed by atoms with E-state index < -0.39 is 40.5 Å². The molecule has 0 heterocycles. The Hall–Kier alpha value is -2.91. The van der Waals surface area contributed by atoms with Gasteiger partial charge in [0.1, 0.15) is 0 Å². The average molecular weight is 463 g/mol. The number of carbonyl (C=O) groups excluding carboxylic acids is 1. The van der Waals surface area contributed by atoms with Crippen LogP contribution >= 0.6 is 0 Å². The molecule has 0 aliphatic heterocycles. The topological polar surface area (TPSA) is 124 Å². The number of carboxylic acids is 1. The van der Waals surface area contributed by atoms with Crippen molar-refractivity contribution in [3.63, 3.8) is 0 Å². The van der Waals surface area contributed by atoms with Crippen LogP contribution in [0.5, 0.6) is 0 Å². The molecule has 9 heteroatoms. The van der Waals surface area contributed by atoms with Crippen LogP contribution in [0, 0.1) is 5.92 Å². The molecule has 174 valence electrons. The summed E-state index contributed by atoms with van der Waals surface area (Å²) >= 11 is 0. The Labute approximate surface area is 188 Å². The number of hydrogen-bond donors (Lipinski definition) is 3. The predicted molar refractivity (Wildman–Crippen MR) is 123 cm³/mol. The number of carbonyl (C=O) groups is 2. The second-order valence-corrected chi connectivity index (χ2v) is 10.1. The Morgan fingerprint density at radius 2 is 1.72 bits per heavy atom. The highest BCUT2D eigenvalue weighted by Crippen LogP contribution is 2.21. The standard InChI is InChI=1S/C23H30N2O6S/c1-16(2)12-20(21(26)14-22(27)28)24-23(29)18-10-7-11-19(13-18)25(3)32(30,31)15-17-8-5-4-6-9-17/h4-11,13,16,20-21,26H,12,14-15H2,1-3H3,(H,24,29)(H,27,28)/t20-,21-/m0/s1. The predicted octanol–water partition coefficient (Wildman–Crippen LogP) is 2.63. The zero-order valence-electron chi connectivity index (χ0n) is 18.4. The summed E-state index contributed by atoms with van der Waals surface area (Å²) in [7, 11) is -2.25. The molecule has 0 aromatic heterocycles. The smallest absolute Gasteiger partial charge is 0.306 e. The number of carboxylic acid groups (broad SMARTS) is 1. The molecule has 0 fully saturated rings. The number of benzene rings is 2. The van der Waals surface area contributed by atoms with Gasteiger partial charge in [0.15, 0.2) is 0 Å². The van der Waals surface area contributed by atoms with Crippen molar-refractivity contribution in [1.82, 2.24) is 5.32 Å². The van der Waals surface area contributed by atoms with Crippen molar-refractivity contribution in [2.24, 2.45) is 5.92 Å². The van der Waals surface area contributed by atoms with E-state index >= 15 is 0 Å². The van der Waals surface area contributed by atoms with Gasteiger partial charge in [-0.25, -0.2) is 8.42 Å². The molecule has 0 aliphatic rings. The van der Waals surface area contributed by atoms with Gasteiger partial charge in [-0.15, -0.1) is 0 Å². The van der Waals surface area contributed by atoms with Gasteiger partial charge in [-0.1, -0.05) is 50.2 Å². The maximum Gasteiger partial charge on any atom is 0.306 e. The Kier molecular flexibility index (Phi) is 8.80. The Balaban J connectivity index is 2.19. The number of aliphatic carboxylic acids is 1. The van der Waals surface area contributed by atoms with Crippen molar-refractivity contribution in [1.29, 1.82) is 0 Å². The number of sulfonamides is 1. The van der Waals surface area contributed by atoms with Crippen molar-refractivity contribution < 1.29 is 28.2 Å². The SMILES string of the molecule is CC(C)C[C@H](NC(=O)c1cccc(N(C)S(=O)(=O)Cc2ccccc2)c1)[C@@H](O)CC(=O)O. The van der Waals surface area contributed by atoms with Gasteiger partial charge in [-0.3, -0.25) is 13.9 Å². The summed E-state index contributed by atoms with van der Waals surface area (Å²) in [6.45, 7) is 3.81. The largest absolute Gasteiger partial charge is 0.481 e. The van der Waals surface area contributed by atoms with E-state index in [0.29, 0.717) is 17.7 Å². The lowest BCUT2D eigenvalue weighted by atomic mass is 9.97. The first-order chi connectivity index (χ1) is 15.0. The lowest BCUT2D eigenvalue weighted by Crippen LogP contribution is -2.45. The minimum atomic E-state index is -3.68. The summed E-state index contributed by atoms with van der Waals surface area (Å²) in [5, 5.41) is 21.9. The highest BCUT2D eigenvalue weighted by atomic mass is 32.2. The first kappa shape index (κ1) is 25.4. The number of aliphatic hydroxyl groups is 1. The molecule has 0 unspecified atom stereocenters. The number of amides is 1. The van der Waals surface area contributed by atoms with Gasteiger partial charge in [-0.2, -0.15) is 0 Å². The molecule has 8 nitrogen and oxygen atoms in total. The summed E-state index contributed by atoms with van der Waals surface area (Å²) in [4.78, 5) is 23.8. The molecular weight excluding hydrogens is 432 g/mol. The van der Waals surface area contributed by atoms with Crippen LogP contribution in [0.25, 0.3) is 0 Å². The number of hydrogen-bond acceptors (Lipinski definition) is 5. The van der Waals surface area contributed by atoms with E-state index in [9.17, 15) is 23.1 Å². The summed E-state index contributed by atoms with van der Waals surface area (Å²) in [6.07, 6.45) is -1.33. The van der Waals surface area contributed by atoms with Crippen molar-refractivity contribution in [2.45, 2.75) is 44.6 Å². The Bertz CT molecular complexity index is 1020. The molecule has 0 bridgehead atoms. The monoisotopic (exact) mass is 462 g/mol. The summed E-state index contributed by atoms with van der Waals surface area (Å²) in [6, 6.07) is 14.2. The molecule has 0 aliphatic carbocycles. The second kappa shape index (κ2) is 11.1. The number of nitrogens with zero attached hydrogens (tertiary/aromatic N) is 1. The lowest BCUT2D eigenvalue weighted by molar-refractivity contribution is -0.139. The quantitative estimate of drug-likeness (QED) is 0.472. The molecule has 2 atom stereocenters. The maximum absolute atomic E-state index is 12.8. The average Bonchev–Trinajstić information content (AvgIpc) is 2.72. The fourth-order valence-electron chi connectivity index (χ4n) is 3.28. The van der Waals surface area contributed by atoms with Crippen LogP contribution in [0.1, 0.15) is 42.6 Å². The van der Waals surface area contributed by atoms with Crippen molar-refractivity contribution in [3.8, 4) is 0 Å². The highest BCUT2D eigenvalue weighted by Gasteiger charge is 2.26. The van der Waals surface area contributed by atoms with E-state index in [1.54, 1.807) is 36.4 Å². The van der Waals surface area contributed by atoms with Gasteiger partial charge in [0, 0.05) is 12.6 Å². The van der Waals surface area contributed by atoms with E-state index in [1.807, 2.05) is 19.9 Å². The van der Waals surface area contributed by atoms with Crippen molar-refractivity contribution in [2.75, 3.05) is 11.4 Å². The fourth-order valence-corrected chi connectivity index (χ4v) is 4.52. The van der Waals surface area contributed by atoms with Gasteiger partial charge in [0.25, 0.3) is 5.91 Å². The maximum atomic E-state index is 12.8. The molecule has 0 spiro atoms. The fraction of sp³-hybridized carbons (Fsp3) is 0.391. The van der Waals surface area contributed by atoms with Crippen molar-refractivity contribution >= 4 is 27.6 Å². The summed E-state index contributed by atoms with van der Waals surface area (Å²) < 4.78 is 26.7. The van der Waals surface area contributed by atoms with Gasteiger partial charge < -0.3 is 15.5 Å². The summed E-state index contributed by atoms with van der Waals surface area (Å²) in [5.41, 5.74) is 1.18. The van der Waals surface area contributed by atoms with Crippen LogP contribution in [-0.2, 0) is 20.6 Å². The third kappa shape index (κ3) is 7.35. The first-order valence-electron chi connectivity index (χ1n) is 10.3.